The van der Waals surface area contributed by atoms with Gasteiger partial charge in [0.05, 0.1) is 12.1 Å². The second kappa shape index (κ2) is 7.96. The van der Waals surface area contributed by atoms with Crippen LogP contribution in [-0.2, 0) is 11.3 Å². The van der Waals surface area contributed by atoms with Crippen LogP contribution in [0.25, 0.3) is 0 Å². The van der Waals surface area contributed by atoms with E-state index < -0.39 is 0 Å². The predicted octanol–water partition coefficient (Wildman–Crippen LogP) is 3.15. The van der Waals surface area contributed by atoms with Gasteiger partial charge in [0.1, 0.15) is 0 Å². The van der Waals surface area contributed by atoms with Crippen molar-refractivity contribution in [2.45, 2.75) is 6.54 Å². The Balaban J connectivity index is 1.82. The number of hydrogen-bond donors (Lipinski definition) is 2. The molecule has 0 aliphatic rings. The summed E-state index contributed by atoms with van der Waals surface area (Å²) in [7, 11) is 0. The maximum Gasteiger partial charge on any atom is 0.252 e. The van der Waals surface area contributed by atoms with Crippen molar-refractivity contribution in [3.63, 3.8) is 0 Å². The summed E-state index contributed by atoms with van der Waals surface area (Å²) < 4.78 is 0.684. The summed E-state index contributed by atoms with van der Waals surface area (Å²) >= 11 is 9.30. The Kier molecular flexibility index (Phi) is 5.98. The molecule has 0 saturated carbocycles. The van der Waals surface area contributed by atoms with Crippen molar-refractivity contribution in [3.05, 3.63) is 69.2 Å². The van der Waals surface area contributed by atoms with Crippen molar-refractivity contribution in [1.29, 1.82) is 0 Å². The molecule has 0 radical (unpaired) electrons. The Hall–Kier alpha value is -1.85. The van der Waals surface area contributed by atoms with Crippen molar-refractivity contribution >= 4 is 39.3 Å². The molecule has 2 aromatic carbocycles. The molecule has 0 aliphatic heterocycles. The molecule has 2 rings (SSSR count). The first-order valence-corrected chi connectivity index (χ1v) is 7.78. The standard InChI is InChI=1S/C16H14BrClN2O2/c17-13-7-3-2-6-12(13)16(22)20-10-15(21)19-9-11-5-1-4-8-14(11)18/h1-8H,9-10H2,(H,19,21)(H,20,22). The van der Waals surface area contributed by atoms with Crippen LogP contribution in [-0.4, -0.2) is 18.4 Å². The minimum atomic E-state index is -0.305. The van der Waals surface area contributed by atoms with Gasteiger partial charge in [-0.05, 0) is 39.7 Å². The molecule has 0 atom stereocenters. The van der Waals surface area contributed by atoms with Crippen LogP contribution in [0.3, 0.4) is 0 Å². The molecule has 0 saturated heterocycles. The molecule has 0 aromatic heterocycles. The Morgan fingerprint density at radius 1 is 1.00 bits per heavy atom. The van der Waals surface area contributed by atoms with E-state index in [1.54, 1.807) is 24.3 Å². The first-order chi connectivity index (χ1) is 10.6. The largest absolute Gasteiger partial charge is 0.350 e. The van der Waals surface area contributed by atoms with Gasteiger partial charge in [0.2, 0.25) is 5.91 Å². The number of benzene rings is 2. The zero-order valence-corrected chi connectivity index (χ0v) is 13.9. The van der Waals surface area contributed by atoms with Crippen LogP contribution in [0.4, 0.5) is 0 Å². The van der Waals surface area contributed by atoms with Gasteiger partial charge in [-0.3, -0.25) is 9.59 Å². The van der Waals surface area contributed by atoms with Gasteiger partial charge in [0.15, 0.2) is 0 Å². The second-order valence-electron chi connectivity index (χ2n) is 4.53. The highest BCUT2D eigenvalue weighted by Crippen LogP contribution is 2.15. The Morgan fingerprint density at radius 3 is 2.41 bits per heavy atom. The summed E-state index contributed by atoms with van der Waals surface area (Å²) in [6, 6.07) is 14.3. The first kappa shape index (κ1) is 16.5. The highest BCUT2D eigenvalue weighted by atomic mass is 79.9. The average Bonchev–Trinajstić information content (AvgIpc) is 2.52. The van der Waals surface area contributed by atoms with Gasteiger partial charge >= 0.3 is 0 Å². The summed E-state index contributed by atoms with van der Waals surface area (Å²) in [5.41, 5.74) is 1.32. The van der Waals surface area contributed by atoms with Crippen molar-refractivity contribution in [3.8, 4) is 0 Å². The number of hydrogen-bond acceptors (Lipinski definition) is 2. The molecule has 6 heteroatoms. The highest BCUT2D eigenvalue weighted by molar-refractivity contribution is 9.10. The highest BCUT2D eigenvalue weighted by Gasteiger charge is 2.10. The number of halogens is 2. The Labute approximate surface area is 142 Å². The maximum atomic E-state index is 12.0. The van der Waals surface area contributed by atoms with E-state index in [0.29, 0.717) is 21.6 Å². The number of amides is 2. The fraction of sp³-hybridized carbons (Fsp3) is 0.125. The molecule has 0 heterocycles. The topological polar surface area (TPSA) is 58.2 Å². The Bertz CT molecular complexity index is 691. The molecule has 0 unspecified atom stereocenters. The third kappa shape index (κ3) is 4.58. The van der Waals surface area contributed by atoms with Crippen LogP contribution in [0.1, 0.15) is 15.9 Å². The second-order valence-corrected chi connectivity index (χ2v) is 5.79. The third-order valence-corrected chi connectivity index (χ3v) is 4.02. The van der Waals surface area contributed by atoms with E-state index in [2.05, 4.69) is 26.6 Å². The molecule has 114 valence electrons. The van der Waals surface area contributed by atoms with Crippen molar-refractivity contribution in [2.75, 3.05) is 6.54 Å². The van der Waals surface area contributed by atoms with Crippen LogP contribution in [0.15, 0.2) is 53.0 Å². The van der Waals surface area contributed by atoms with E-state index in [-0.39, 0.29) is 18.4 Å². The van der Waals surface area contributed by atoms with Crippen molar-refractivity contribution in [2.24, 2.45) is 0 Å². The van der Waals surface area contributed by atoms with Crippen molar-refractivity contribution < 1.29 is 9.59 Å². The lowest BCUT2D eigenvalue weighted by atomic mass is 10.2. The van der Waals surface area contributed by atoms with E-state index in [1.165, 1.54) is 0 Å². The normalized spacial score (nSPS) is 10.1. The molecule has 2 amide bonds. The first-order valence-electron chi connectivity index (χ1n) is 6.61. The minimum Gasteiger partial charge on any atom is -0.350 e. The smallest absolute Gasteiger partial charge is 0.252 e. The number of rotatable bonds is 5. The molecule has 22 heavy (non-hydrogen) atoms. The summed E-state index contributed by atoms with van der Waals surface area (Å²) in [4.78, 5) is 23.7. The van der Waals surface area contributed by atoms with E-state index >= 15 is 0 Å². The zero-order valence-electron chi connectivity index (χ0n) is 11.6. The van der Waals surface area contributed by atoms with Gasteiger partial charge < -0.3 is 10.6 Å². The summed E-state index contributed by atoms with van der Waals surface area (Å²) in [6.07, 6.45) is 0. The van der Waals surface area contributed by atoms with E-state index in [0.717, 1.165) is 5.56 Å². The number of carbonyl (C=O) groups excluding carboxylic acids is 2. The van der Waals surface area contributed by atoms with Gasteiger partial charge in [-0.25, -0.2) is 0 Å². The quantitative estimate of drug-likeness (QED) is 0.836. The predicted molar refractivity (Wildman–Crippen MR) is 89.8 cm³/mol. The van der Waals surface area contributed by atoms with Crippen LogP contribution < -0.4 is 10.6 Å². The SMILES string of the molecule is O=C(CNC(=O)c1ccccc1Br)NCc1ccccc1Cl. The molecule has 2 aromatic rings. The lowest BCUT2D eigenvalue weighted by Crippen LogP contribution is -2.36. The van der Waals surface area contributed by atoms with Crippen LogP contribution in [0, 0.1) is 0 Å². The molecule has 0 aliphatic carbocycles. The Morgan fingerprint density at radius 2 is 1.68 bits per heavy atom. The van der Waals surface area contributed by atoms with Gasteiger partial charge in [-0.2, -0.15) is 0 Å². The molecule has 0 bridgehead atoms. The van der Waals surface area contributed by atoms with Gasteiger partial charge in [-0.15, -0.1) is 0 Å². The van der Waals surface area contributed by atoms with E-state index in [1.807, 2.05) is 24.3 Å². The molecule has 0 fully saturated rings. The third-order valence-electron chi connectivity index (χ3n) is 2.96. The molecule has 0 spiro atoms. The summed E-state index contributed by atoms with van der Waals surface area (Å²) in [6.45, 7) is 0.230. The zero-order chi connectivity index (χ0) is 15.9. The fourth-order valence-corrected chi connectivity index (χ4v) is 2.47. The van der Waals surface area contributed by atoms with E-state index in [9.17, 15) is 9.59 Å². The molecular weight excluding hydrogens is 368 g/mol. The van der Waals surface area contributed by atoms with Crippen LogP contribution >= 0.6 is 27.5 Å². The summed E-state index contributed by atoms with van der Waals surface area (Å²) in [5, 5.41) is 5.89. The minimum absolute atomic E-state index is 0.0926. The average molecular weight is 382 g/mol. The number of carbonyl (C=O) groups is 2. The lowest BCUT2D eigenvalue weighted by Gasteiger charge is -2.09. The van der Waals surface area contributed by atoms with E-state index in [4.69, 9.17) is 11.6 Å². The molecule has 2 N–H and O–H groups in total. The lowest BCUT2D eigenvalue weighted by molar-refractivity contribution is -0.120. The molecule has 4 nitrogen and oxygen atoms in total. The van der Waals surface area contributed by atoms with Crippen LogP contribution in [0.5, 0.6) is 0 Å². The van der Waals surface area contributed by atoms with Crippen LogP contribution in [0.2, 0.25) is 5.02 Å². The van der Waals surface area contributed by atoms with Gasteiger partial charge in [-0.1, -0.05) is 41.9 Å². The monoisotopic (exact) mass is 380 g/mol. The molecular formula is C16H14BrClN2O2. The van der Waals surface area contributed by atoms with Gasteiger partial charge in [0.25, 0.3) is 5.91 Å². The fourth-order valence-electron chi connectivity index (χ4n) is 1.80. The van der Waals surface area contributed by atoms with Gasteiger partial charge in [0, 0.05) is 16.0 Å². The summed E-state index contributed by atoms with van der Waals surface area (Å²) in [5.74, 6) is -0.583. The number of nitrogens with one attached hydrogen (secondary N) is 2. The maximum absolute atomic E-state index is 12.0. The van der Waals surface area contributed by atoms with Crippen molar-refractivity contribution in [1.82, 2.24) is 10.6 Å².